The molecular weight excluding hydrogens is 372 g/mol. The Hall–Kier alpha value is -2.03. The lowest BCUT2D eigenvalue weighted by atomic mass is 10.0. The maximum atomic E-state index is 11.8. The number of nitrogen functional groups attached to an aromatic ring is 2. The Balaban J connectivity index is 2.33. The summed E-state index contributed by atoms with van der Waals surface area (Å²) in [6, 6.07) is 5.86. The van der Waals surface area contributed by atoms with E-state index in [1.165, 1.54) is 7.11 Å². The first-order valence-corrected chi connectivity index (χ1v) is 12.3. The summed E-state index contributed by atoms with van der Waals surface area (Å²) in [7, 11) is 0.131. The van der Waals surface area contributed by atoms with Crippen LogP contribution in [0.4, 0.5) is 11.4 Å². The van der Waals surface area contributed by atoms with Crippen molar-refractivity contribution >= 4 is 37.0 Å². The van der Waals surface area contributed by atoms with E-state index in [9.17, 15) is 4.79 Å². The standard InChI is InChI=1S/C17H25ClN4O3Si/c1-24-17(23)11-5-6-13(19)12(9-11)15-14(20)16(18)21-22(15)10-25-7-8-26(2,3)4/h5-6,9H,7-8,10,19-20H2,1-4H3. The van der Waals surface area contributed by atoms with Crippen LogP contribution in [0.1, 0.15) is 10.4 Å². The number of nitrogens with zero attached hydrogens (tertiary/aromatic N) is 2. The molecule has 0 saturated heterocycles. The molecule has 26 heavy (non-hydrogen) atoms. The van der Waals surface area contributed by atoms with E-state index >= 15 is 0 Å². The van der Waals surface area contributed by atoms with Gasteiger partial charge in [-0.3, -0.25) is 0 Å². The Kier molecular flexibility index (Phi) is 6.33. The van der Waals surface area contributed by atoms with E-state index < -0.39 is 14.0 Å². The molecule has 0 saturated carbocycles. The van der Waals surface area contributed by atoms with Crippen molar-refractivity contribution in [2.75, 3.05) is 25.2 Å². The normalized spacial score (nSPS) is 11.6. The lowest BCUT2D eigenvalue weighted by Gasteiger charge is -2.16. The highest BCUT2D eigenvalue weighted by molar-refractivity contribution is 6.76. The maximum absolute atomic E-state index is 11.8. The zero-order valence-corrected chi connectivity index (χ0v) is 17.3. The van der Waals surface area contributed by atoms with Gasteiger partial charge in [-0.05, 0) is 24.2 Å². The van der Waals surface area contributed by atoms with Crippen molar-refractivity contribution in [3.05, 3.63) is 28.9 Å². The predicted molar refractivity (Wildman–Crippen MR) is 107 cm³/mol. The number of esters is 1. The van der Waals surface area contributed by atoms with E-state index in [4.69, 9.17) is 32.5 Å². The minimum absolute atomic E-state index is 0.164. The number of methoxy groups -OCH3 is 1. The number of carbonyl (C=O) groups is 1. The fourth-order valence-corrected chi connectivity index (χ4v) is 3.30. The maximum Gasteiger partial charge on any atom is 0.337 e. The average Bonchev–Trinajstić information content (AvgIpc) is 2.85. The van der Waals surface area contributed by atoms with Gasteiger partial charge in [0.2, 0.25) is 0 Å². The molecule has 2 aromatic rings. The second-order valence-electron chi connectivity index (χ2n) is 7.19. The molecule has 0 aliphatic carbocycles. The Morgan fingerprint density at radius 2 is 2.00 bits per heavy atom. The largest absolute Gasteiger partial charge is 0.465 e. The van der Waals surface area contributed by atoms with Crippen LogP contribution in [0.25, 0.3) is 11.3 Å². The Bertz CT molecular complexity index is 802. The molecule has 1 aromatic heterocycles. The molecule has 9 heteroatoms. The van der Waals surface area contributed by atoms with Gasteiger partial charge in [-0.2, -0.15) is 5.10 Å². The molecule has 1 heterocycles. The molecule has 0 fully saturated rings. The minimum Gasteiger partial charge on any atom is -0.465 e. The SMILES string of the molecule is COC(=O)c1ccc(N)c(-c2c(N)c(Cl)nn2COCC[Si](C)(C)C)c1. The number of hydrogen-bond donors (Lipinski definition) is 2. The summed E-state index contributed by atoms with van der Waals surface area (Å²) in [5.41, 5.74) is 14.4. The smallest absolute Gasteiger partial charge is 0.337 e. The van der Waals surface area contributed by atoms with Crippen molar-refractivity contribution in [3.63, 3.8) is 0 Å². The number of carbonyl (C=O) groups excluding carboxylic acids is 1. The summed E-state index contributed by atoms with van der Waals surface area (Å²) in [6.07, 6.45) is 0. The lowest BCUT2D eigenvalue weighted by molar-refractivity contribution is 0.0601. The third-order valence-electron chi connectivity index (χ3n) is 3.88. The van der Waals surface area contributed by atoms with Gasteiger partial charge in [0.1, 0.15) is 6.73 Å². The Morgan fingerprint density at radius 1 is 1.31 bits per heavy atom. The molecule has 0 aliphatic rings. The Morgan fingerprint density at radius 3 is 2.62 bits per heavy atom. The number of ether oxygens (including phenoxy) is 2. The third kappa shape index (κ3) is 4.78. The van der Waals surface area contributed by atoms with Crippen LogP contribution >= 0.6 is 11.6 Å². The summed E-state index contributed by atoms with van der Waals surface area (Å²) in [5.74, 6) is -0.464. The molecule has 0 atom stereocenters. The Labute approximate surface area is 159 Å². The van der Waals surface area contributed by atoms with E-state index in [1.54, 1.807) is 22.9 Å². The van der Waals surface area contributed by atoms with E-state index in [0.29, 0.717) is 29.1 Å². The zero-order valence-electron chi connectivity index (χ0n) is 15.5. The number of hydrogen-bond acceptors (Lipinski definition) is 6. The van der Waals surface area contributed by atoms with Gasteiger partial charge >= 0.3 is 5.97 Å². The highest BCUT2D eigenvalue weighted by Crippen LogP contribution is 2.35. The molecule has 0 bridgehead atoms. The molecule has 4 N–H and O–H groups in total. The number of halogens is 1. The lowest BCUT2D eigenvalue weighted by Crippen LogP contribution is -2.22. The summed E-state index contributed by atoms with van der Waals surface area (Å²) in [6.45, 7) is 7.67. The van der Waals surface area contributed by atoms with Crippen molar-refractivity contribution in [1.29, 1.82) is 0 Å². The van der Waals surface area contributed by atoms with Gasteiger partial charge in [0.25, 0.3) is 0 Å². The molecule has 0 aliphatic heterocycles. The zero-order chi connectivity index (χ0) is 19.5. The van der Waals surface area contributed by atoms with Crippen LogP contribution in [0.15, 0.2) is 18.2 Å². The number of benzene rings is 1. The fraction of sp³-hybridized carbons (Fsp3) is 0.412. The van der Waals surface area contributed by atoms with E-state index in [1.807, 2.05) is 0 Å². The van der Waals surface area contributed by atoms with Crippen LogP contribution in [0, 0.1) is 0 Å². The summed E-state index contributed by atoms with van der Waals surface area (Å²) < 4.78 is 12.1. The molecule has 0 unspecified atom stereocenters. The fourth-order valence-electron chi connectivity index (χ4n) is 2.36. The molecule has 1 aromatic carbocycles. The van der Waals surface area contributed by atoms with Crippen LogP contribution < -0.4 is 11.5 Å². The molecule has 142 valence electrons. The molecule has 2 rings (SSSR count). The first kappa shape index (κ1) is 20.3. The van der Waals surface area contributed by atoms with Gasteiger partial charge in [-0.25, -0.2) is 9.48 Å². The first-order chi connectivity index (χ1) is 12.1. The second-order valence-corrected chi connectivity index (χ2v) is 13.2. The summed E-state index contributed by atoms with van der Waals surface area (Å²) in [5, 5.41) is 4.39. The van der Waals surface area contributed by atoms with E-state index in [2.05, 4.69) is 24.7 Å². The van der Waals surface area contributed by atoms with Crippen molar-refractivity contribution in [2.24, 2.45) is 0 Å². The number of anilines is 2. The van der Waals surface area contributed by atoms with Gasteiger partial charge < -0.3 is 20.9 Å². The number of rotatable bonds is 7. The quantitative estimate of drug-likeness (QED) is 0.321. The van der Waals surface area contributed by atoms with Gasteiger partial charge in [0, 0.05) is 25.9 Å². The molecular formula is C17H25ClN4O3Si. The minimum atomic E-state index is -1.19. The van der Waals surface area contributed by atoms with Gasteiger partial charge in [-0.1, -0.05) is 31.2 Å². The molecule has 0 spiro atoms. The van der Waals surface area contributed by atoms with Crippen LogP contribution in [0.2, 0.25) is 30.8 Å². The molecule has 7 nitrogen and oxygen atoms in total. The predicted octanol–water partition coefficient (Wildman–Crippen LogP) is 3.47. The van der Waals surface area contributed by atoms with Crippen LogP contribution in [0.5, 0.6) is 0 Å². The van der Waals surface area contributed by atoms with Gasteiger partial charge in [0.05, 0.1) is 24.1 Å². The van der Waals surface area contributed by atoms with Crippen LogP contribution in [-0.2, 0) is 16.2 Å². The van der Waals surface area contributed by atoms with Crippen LogP contribution in [-0.4, -0.2) is 37.5 Å². The van der Waals surface area contributed by atoms with E-state index in [0.717, 1.165) is 6.04 Å². The topological polar surface area (TPSA) is 105 Å². The second kappa shape index (κ2) is 8.11. The third-order valence-corrected chi connectivity index (χ3v) is 5.87. The first-order valence-electron chi connectivity index (χ1n) is 8.22. The highest BCUT2D eigenvalue weighted by Gasteiger charge is 2.20. The van der Waals surface area contributed by atoms with Crippen molar-refractivity contribution < 1.29 is 14.3 Å². The summed E-state index contributed by atoms with van der Waals surface area (Å²) in [4.78, 5) is 11.8. The average molecular weight is 397 g/mol. The van der Waals surface area contributed by atoms with Gasteiger partial charge in [0.15, 0.2) is 5.15 Å². The van der Waals surface area contributed by atoms with Crippen LogP contribution in [0.3, 0.4) is 0 Å². The van der Waals surface area contributed by atoms with E-state index in [-0.39, 0.29) is 17.6 Å². The molecule has 0 amide bonds. The monoisotopic (exact) mass is 396 g/mol. The highest BCUT2D eigenvalue weighted by atomic mass is 35.5. The molecule has 0 radical (unpaired) electrons. The van der Waals surface area contributed by atoms with Crippen molar-refractivity contribution in [2.45, 2.75) is 32.4 Å². The van der Waals surface area contributed by atoms with Crippen molar-refractivity contribution in [3.8, 4) is 11.3 Å². The number of aromatic nitrogens is 2. The summed E-state index contributed by atoms with van der Waals surface area (Å²) >= 11 is 6.11. The van der Waals surface area contributed by atoms with Gasteiger partial charge in [-0.15, -0.1) is 0 Å². The number of nitrogens with two attached hydrogens (primary N) is 2. The van der Waals surface area contributed by atoms with Crippen molar-refractivity contribution in [1.82, 2.24) is 9.78 Å².